The SMILES string of the molecule is CCS(=O)(=O)N1CCCN(S(=O)(=O)c2ccc(F)cc2C)CC1. The summed E-state index contributed by atoms with van der Waals surface area (Å²) >= 11 is 0. The molecule has 1 aromatic carbocycles. The molecule has 2 rings (SSSR count). The van der Waals surface area contributed by atoms with Gasteiger partial charge in [-0.15, -0.1) is 0 Å². The highest BCUT2D eigenvalue weighted by atomic mass is 32.2. The third-order valence-corrected chi connectivity index (χ3v) is 7.87. The van der Waals surface area contributed by atoms with Crippen LogP contribution in [0.5, 0.6) is 0 Å². The third kappa shape index (κ3) is 3.90. The highest BCUT2D eigenvalue weighted by molar-refractivity contribution is 7.89. The van der Waals surface area contributed by atoms with Crippen LogP contribution in [0.25, 0.3) is 0 Å². The van der Waals surface area contributed by atoms with Crippen molar-refractivity contribution in [2.24, 2.45) is 0 Å². The molecule has 1 aliphatic rings. The summed E-state index contributed by atoms with van der Waals surface area (Å²) in [6, 6.07) is 3.55. The first-order valence-electron chi connectivity index (χ1n) is 7.42. The molecule has 9 heteroatoms. The largest absolute Gasteiger partial charge is 0.243 e. The molecule has 1 saturated heterocycles. The Morgan fingerprint density at radius 2 is 1.65 bits per heavy atom. The Balaban J connectivity index is 2.25. The number of hydrogen-bond donors (Lipinski definition) is 0. The second-order valence-corrected chi connectivity index (χ2v) is 9.63. The van der Waals surface area contributed by atoms with Crippen molar-refractivity contribution in [3.05, 3.63) is 29.6 Å². The van der Waals surface area contributed by atoms with Crippen LogP contribution in [0.15, 0.2) is 23.1 Å². The number of hydrogen-bond acceptors (Lipinski definition) is 4. The van der Waals surface area contributed by atoms with Crippen LogP contribution in [-0.2, 0) is 20.0 Å². The molecule has 0 bridgehead atoms. The van der Waals surface area contributed by atoms with Crippen LogP contribution in [-0.4, -0.2) is 57.4 Å². The molecular formula is C14H21FN2O4S2. The zero-order valence-electron chi connectivity index (χ0n) is 13.2. The Bertz CT molecular complexity index is 778. The summed E-state index contributed by atoms with van der Waals surface area (Å²) in [5.74, 6) is -0.492. The van der Waals surface area contributed by atoms with Crippen LogP contribution >= 0.6 is 0 Å². The highest BCUT2D eigenvalue weighted by Crippen LogP contribution is 2.22. The lowest BCUT2D eigenvalue weighted by Gasteiger charge is -2.22. The molecule has 0 amide bonds. The third-order valence-electron chi connectivity index (χ3n) is 3.93. The molecule has 0 atom stereocenters. The molecule has 0 radical (unpaired) electrons. The van der Waals surface area contributed by atoms with Gasteiger partial charge in [-0.3, -0.25) is 0 Å². The van der Waals surface area contributed by atoms with E-state index in [1.54, 1.807) is 13.8 Å². The molecule has 0 saturated carbocycles. The maximum absolute atomic E-state index is 13.2. The number of halogens is 1. The summed E-state index contributed by atoms with van der Waals surface area (Å²) in [6.45, 7) is 3.89. The van der Waals surface area contributed by atoms with Crippen molar-refractivity contribution in [2.45, 2.75) is 25.2 Å². The fourth-order valence-electron chi connectivity index (χ4n) is 2.61. The smallest absolute Gasteiger partial charge is 0.212 e. The lowest BCUT2D eigenvalue weighted by atomic mass is 10.2. The average Bonchev–Trinajstić information content (AvgIpc) is 2.73. The van der Waals surface area contributed by atoms with Crippen LogP contribution in [0.3, 0.4) is 0 Å². The molecule has 23 heavy (non-hydrogen) atoms. The Labute approximate surface area is 137 Å². The molecule has 0 unspecified atom stereocenters. The molecule has 1 aliphatic heterocycles. The summed E-state index contributed by atoms with van der Waals surface area (Å²) < 4.78 is 65.1. The van der Waals surface area contributed by atoms with Crippen molar-refractivity contribution >= 4 is 20.0 Å². The minimum Gasteiger partial charge on any atom is -0.212 e. The van der Waals surface area contributed by atoms with Gasteiger partial charge in [0.1, 0.15) is 5.82 Å². The van der Waals surface area contributed by atoms with Gasteiger partial charge < -0.3 is 0 Å². The normalized spacial score (nSPS) is 18.7. The molecule has 0 aromatic heterocycles. The van der Waals surface area contributed by atoms with Gasteiger partial charge in [0.2, 0.25) is 20.0 Å². The first kappa shape index (κ1) is 18.3. The second-order valence-electron chi connectivity index (χ2n) is 5.47. The predicted molar refractivity (Wildman–Crippen MR) is 85.5 cm³/mol. The summed E-state index contributed by atoms with van der Waals surface area (Å²) in [4.78, 5) is 0.0608. The minimum absolute atomic E-state index is 0.00315. The standard InChI is InChI=1S/C14H21FN2O4S2/c1-3-22(18,19)16-7-4-8-17(10-9-16)23(20,21)14-6-5-13(15)11-12(14)2/h5-6,11H,3-4,7-10H2,1-2H3. The predicted octanol–water partition coefficient (Wildman–Crippen LogP) is 1.18. The molecule has 0 spiro atoms. The highest BCUT2D eigenvalue weighted by Gasteiger charge is 2.30. The summed E-state index contributed by atoms with van der Waals surface area (Å²) in [6.07, 6.45) is 0.429. The van der Waals surface area contributed by atoms with Crippen LogP contribution in [0.4, 0.5) is 4.39 Å². The van der Waals surface area contributed by atoms with E-state index < -0.39 is 25.9 Å². The molecule has 6 nitrogen and oxygen atoms in total. The van der Waals surface area contributed by atoms with Crippen molar-refractivity contribution in [3.8, 4) is 0 Å². The van der Waals surface area contributed by atoms with Gasteiger partial charge in [0.05, 0.1) is 10.6 Å². The van der Waals surface area contributed by atoms with Gasteiger partial charge in [-0.05, 0) is 44.0 Å². The molecule has 1 fully saturated rings. The maximum atomic E-state index is 13.2. The second kappa shape index (κ2) is 6.84. The molecule has 0 N–H and O–H groups in total. The minimum atomic E-state index is -3.76. The number of sulfonamides is 2. The molecule has 0 aliphatic carbocycles. The summed E-state index contributed by atoms with van der Waals surface area (Å²) in [7, 11) is -7.09. The fraction of sp³-hybridized carbons (Fsp3) is 0.571. The fourth-order valence-corrected chi connectivity index (χ4v) is 5.42. The average molecular weight is 364 g/mol. The van der Waals surface area contributed by atoms with Crippen molar-refractivity contribution in [2.75, 3.05) is 31.9 Å². The topological polar surface area (TPSA) is 74.8 Å². The maximum Gasteiger partial charge on any atom is 0.243 e. The van der Waals surface area contributed by atoms with Crippen molar-refractivity contribution in [3.63, 3.8) is 0 Å². The van der Waals surface area contributed by atoms with Gasteiger partial charge in [-0.1, -0.05) is 0 Å². The Hall–Kier alpha value is -1.03. The Morgan fingerprint density at radius 3 is 2.26 bits per heavy atom. The van der Waals surface area contributed by atoms with Gasteiger partial charge >= 0.3 is 0 Å². The first-order valence-corrected chi connectivity index (χ1v) is 10.5. The van der Waals surface area contributed by atoms with Gasteiger partial charge in [-0.2, -0.15) is 4.31 Å². The lowest BCUT2D eigenvalue weighted by molar-refractivity contribution is 0.405. The van der Waals surface area contributed by atoms with Gasteiger partial charge in [-0.25, -0.2) is 25.5 Å². The van der Waals surface area contributed by atoms with Crippen LogP contribution in [0.2, 0.25) is 0 Å². The molecule has 130 valence electrons. The summed E-state index contributed by atoms with van der Waals surface area (Å²) in [5, 5.41) is 0. The van der Waals surface area contributed by atoms with E-state index in [1.807, 2.05) is 0 Å². The van der Waals surface area contributed by atoms with Gasteiger partial charge in [0.15, 0.2) is 0 Å². The van der Waals surface area contributed by atoms with E-state index in [9.17, 15) is 21.2 Å². The van der Waals surface area contributed by atoms with E-state index in [2.05, 4.69) is 0 Å². The van der Waals surface area contributed by atoms with E-state index in [4.69, 9.17) is 0 Å². The molecule has 1 heterocycles. The number of nitrogens with zero attached hydrogens (tertiary/aromatic N) is 2. The number of benzene rings is 1. The van der Waals surface area contributed by atoms with E-state index in [0.717, 1.165) is 6.07 Å². The Morgan fingerprint density at radius 1 is 1.04 bits per heavy atom. The van der Waals surface area contributed by atoms with E-state index >= 15 is 0 Å². The van der Waals surface area contributed by atoms with Gasteiger partial charge in [0.25, 0.3) is 0 Å². The summed E-state index contributed by atoms with van der Waals surface area (Å²) in [5.41, 5.74) is 0.340. The molecular weight excluding hydrogens is 343 g/mol. The zero-order valence-corrected chi connectivity index (χ0v) is 14.8. The number of aryl methyl sites for hydroxylation is 1. The van der Waals surface area contributed by atoms with E-state index in [-0.39, 0.29) is 30.3 Å². The zero-order chi connectivity index (χ0) is 17.3. The number of rotatable bonds is 4. The van der Waals surface area contributed by atoms with E-state index in [0.29, 0.717) is 18.5 Å². The van der Waals surface area contributed by atoms with Gasteiger partial charge in [0, 0.05) is 26.2 Å². The Kier molecular flexibility index (Phi) is 5.44. The van der Waals surface area contributed by atoms with Crippen molar-refractivity contribution < 1.29 is 21.2 Å². The van der Waals surface area contributed by atoms with E-state index in [1.165, 1.54) is 20.7 Å². The molecule has 1 aromatic rings. The van der Waals surface area contributed by atoms with Crippen LogP contribution < -0.4 is 0 Å². The first-order chi connectivity index (χ1) is 10.7. The quantitative estimate of drug-likeness (QED) is 0.804. The lowest BCUT2D eigenvalue weighted by Crippen LogP contribution is -2.38. The van der Waals surface area contributed by atoms with Crippen LogP contribution in [0.1, 0.15) is 18.9 Å². The van der Waals surface area contributed by atoms with Crippen molar-refractivity contribution in [1.82, 2.24) is 8.61 Å². The monoisotopic (exact) mass is 364 g/mol. The van der Waals surface area contributed by atoms with Crippen molar-refractivity contribution in [1.29, 1.82) is 0 Å². The van der Waals surface area contributed by atoms with Crippen LogP contribution in [0, 0.1) is 12.7 Å².